The van der Waals surface area contributed by atoms with Gasteiger partial charge in [0.2, 0.25) is 0 Å². The standard InChI is InChI=1S/C20H20ClNO2/c1-20(15-5-3-2-4-6-15)17-11-16(21)9-10-18(17)22(12-14-7-8-14)19(23)13-24-20/h2-6,9-11,14H,7-8,12-13H2,1H3. The van der Waals surface area contributed by atoms with E-state index in [1.165, 1.54) is 12.8 Å². The zero-order valence-corrected chi connectivity index (χ0v) is 14.4. The van der Waals surface area contributed by atoms with Crippen molar-refractivity contribution in [2.75, 3.05) is 18.1 Å². The highest BCUT2D eigenvalue weighted by Gasteiger charge is 2.40. The average molecular weight is 342 g/mol. The highest BCUT2D eigenvalue weighted by Crippen LogP contribution is 2.43. The third-order valence-electron chi connectivity index (χ3n) is 5.01. The minimum Gasteiger partial charge on any atom is -0.356 e. The summed E-state index contributed by atoms with van der Waals surface area (Å²) in [4.78, 5) is 14.6. The van der Waals surface area contributed by atoms with Crippen molar-refractivity contribution >= 4 is 23.2 Å². The molecular formula is C20H20ClNO2. The molecule has 0 bridgehead atoms. The zero-order valence-electron chi connectivity index (χ0n) is 13.7. The fourth-order valence-electron chi connectivity index (χ4n) is 3.38. The van der Waals surface area contributed by atoms with E-state index >= 15 is 0 Å². The topological polar surface area (TPSA) is 29.5 Å². The van der Waals surface area contributed by atoms with Crippen LogP contribution >= 0.6 is 11.6 Å². The molecule has 1 fully saturated rings. The molecule has 0 saturated heterocycles. The van der Waals surface area contributed by atoms with E-state index in [-0.39, 0.29) is 12.5 Å². The third kappa shape index (κ3) is 2.72. The molecule has 2 aromatic rings. The molecule has 0 N–H and O–H groups in total. The predicted octanol–water partition coefficient (Wildman–Crippen LogP) is 4.38. The van der Waals surface area contributed by atoms with Gasteiger partial charge in [-0.05, 0) is 49.4 Å². The van der Waals surface area contributed by atoms with Gasteiger partial charge in [-0.15, -0.1) is 0 Å². The van der Waals surface area contributed by atoms with Crippen molar-refractivity contribution in [3.63, 3.8) is 0 Å². The van der Waals surface area contributed by atoms with Gasteiger partial charge in [0.25, 0.3) is 5.91 Å². The SMILES string of the molecule is CC1(c2ccccc2)OCC(=O)N(CC2CC2)c2ccc(Cl)cc21. The van der Waals surface area contributed by atoms with Crippen molar-refractivity contribution in [2.24, 2.45) is 5.92 Å². The van der Waals surface area contributed by atoms with Gasteiger partial charge in [-0.1, -0.05) is 41.9 Å². The molecule has 1 unspecified atom stereocenters. The lowest BCUT2D eigenvalue weighted by Crippen LogP contribution is -2.34. The summed E-state index contributed by atoms with van der Waals surface area (Å²) in [6.07, 6.45) is 2.40. The Kier molecular flexibility index (Phi) is 3.86. The molecule has 24 heavy (non-hydrogen) atoms. The van der Waals surface area contributed by atoms with E-state index in [1.54, 1.807) is 0 Å². The van der Waals surface area contributed by atoms with Gasteiger partial charge in [0.1, 0.15) is 12.2 Å². The van der Waals surface area contributed by atoms with Gasteiger partial charge in [-0.25, -0.2) is 0 Å². The van der Waals surface area contributed by atoms with Crippen LogP contribution in [0.4, 0.5) is 5.69 Å². The quantitative estimate of drug-likeness (QED) is 0.829. The molecular weight excluding hydrogens is 322 g/mol. The van der Waals surface area contributed by atoms with Crippen LogP contribution in [0.2, 0.25) is 5.02 Å². The lowest BCUT2D eigenvalue weighted by atomic mass is 9.86. The Bertz CT molecular complexity index is 772. The van der Waals surface area contributed by atoms with Crippen molar-refractivity contribution in [2.45, 2.75) is 25.4 Å². The van der Waals surface area contributed by atoms with Crippen LogP contribution in [0.1, 0.15) is 30.9 Å². The minimum atomic E-state index is -0.699. The number of nitrogens with zero attached hydrogens (tertiary/aromatic N) is 1. The summed E-state index contributed by atoms with van der Waals surface area (Å²) in [5.41, 5.74) is 2.19. The number of rotatable bonds is 3. The number of hydrogen-bond acceptors (Lipinski definition) is 2. The highest BCUT2D eigenvalue weighted by atomic mass is 35.5. The molecule has 1 aliphatic heterocycles. The number of benzene rings is 2. The van der Waals surface area contributed by atoms with Gasteiger partial charge in [0.15, 0.2) is 0 Å². The van der Waals surface area contributed by atoms with Crippen LogP contribution in [0.25, 0.3) is 0 Å². The number of anilines is 1. The summed E-state index contributed by atoms with van der Waals surface area (Å²) in [5, 5.41) is 0.653. The molecule has 1 aliphatic carbocycles. The second-order valence-electron chi connectivity index (χ2n) is 6.80. The molecule has 4 rings (SSSR count). The fourth-order valence-corrected chi connectivity index (χ4v) is 3.55. The molecule has 4 heteroatoms. The Hall–Kier alpha value is -1.84. The van der Waals surface area contributed by atoms with Crippen molar-refractivity contribution in [3.05, 3.63) is 64.7 Å². The first-order chi connectivity index (χ1) is 11.6. The molecule has 3 nitrogen and oxygen atoms in total. The van der Waals surface area contributed by atoms with Crippen molar-refractivity contribution in [1.82, 2.24) is 0 Å². The molecule has 2 aliphatic rings. The Balaban J connectivity index is 1.87. The number of amides is 1. The van der Waals surface area contributed by atoms with Gasteiger partial charge in [-0.3, -0.25) is 4.79 Å². The first-order valence-electron chi connectivity index (χ1n) is 8.38. The number of ether oxygens (including phenoxy) is 1. The average Bonchev–Trinajstić information content (AvgIpc) is 3.42. The van der Waals surface area contributed by atoms with E-state index in [2.05, 4.69) is 0 Å². The maximum absolute atomic E-state index is 12.7. The predicted molar refractivity (Wildman–Crippen MR) is 95.4 cm³/mol. The summed E-state index contributed by atoms with van der Waals surface area (Å²) in [5.74, 6) is 0.628. The first-order valence-corrected chi connectivity index (χ1v) is 8.75. The number of halogens is 1. The van der Waals surface area contributed by atoms with Gasteiger partial charge >= 0.3 is 0 Å². The molecule has 1 amide bonds. The van der Waals surface area contributed by atoms with Gasteiger partial charge in [-0.2, -0.15) is 0 Å². The van der Waals surface area contributed by atoms with E-state index in [9.17, 15) is 4.79 Å². The Morgan fingerprint density at radius 1 is 1.21 bits per heavy atom. The summed E-state index contributed by atoms with van der Waals surface area (Å²) < 4.78 is 6.15. The zero-order chi connectivity index (χ0) is 16.7. The summed E-state index contributed by atoms with van der Waals surface area (Å²) in [6.45, 7) is 2.86. The fraction of sp³-hybridized carbons (Fsp3) is 0.350. The number of carbonyl (C=O) groups is 1. The molecule has 0 aromatic heterocycles. The molecule has 1 saturated carbocycles. The van der Waals surface area contributed by atoms with E-state index in [1.807, 2.05) is 60.4 Å². The highest BCUT2D eigenvalue weighted by molar-refractivity contribution is 6.30. The van der Waals surface area contributed by atoms with E-state index < -0.39 is 5.60 Å². The second-order valence-corrected chi connectivity index (χ2v) is 7.23. The molecule has 1 atom stereocenters. The second kappa shape index (κ2) is 5.91. The van der Waals surface area contributed by atoms with Crippen LogP contribution < -0.4 is 4.90 Å². The molecule has 124 valence electrons. The van der Waals surface area contributed by atoms with Crippen LogP contribution in [0.3, 0.4) is 0 Å². The Labute approximate surface area is 147 Å². The summed E-state index contributed by atoms with van der Waals surface area (Å²) in [7, 11) is 0. The maximum atomic E-state index is 12.7. The summed E-state index contributed by atoms with van der Waals surface area (Å²) >= 11 is 6.29. The molecule has 1 heterocycles. The number of carbonyl (C=O) groups excluding carboxylic acids is 1. The molecule has 2 aromatic carbocycles. The lowest BCUT2D eigenvalue weighted by Gasteiger charge is -2.31. The number of fused-ring (bicyclic) bond motifs is 1. The van der Waals surface area contributed by atoms with Gasteiger partial charge in [0.05, 0.1) is 5.69 Å². The monoisotopic (exact) mass is 341 g/mol. The largest absolute Gasteiger partial charge is 0.356 e. The first kappa shape index (κ1) is 15.7. The molecule has 0 radical (unpaired) electrons. The molecule has 0 spiro atoms. The summed E-state index contributed by atoms with van der Waals surface area (Å²) in [6, 6.07) is 15.8. The van der Waals surface area contributed by atoms with E-state index in [4.69, 9.17) is 16.3 Å². The van der Waals surface area contributed by atoms with Crippen LogP contribution in [-0.4, -0.2) is 19.1 Å². The Morgan fingerprint density at radius 3 is 2.67 bits per heavy atom. The van der Waals surface area contributed by atoms with E-state index in [0.717, 1.165) is 23.4 Å². The normalized spacial score (nSPS) is 23.8. The third-order valence-corrected chi connectivity index (χ3v) is 5.25. The van der Waals surface area contributed by atoms with Crippen LogP contribution in [0, 0.1) is 5.92 Å². The van der Waals surface area contributed by atoms with E-state index in [0.29, 0.717) is 10.9 Å². The number of hydrogen-bond donors (Lipinski definition) is 0. The van der Waals surface area contributed by atoms with Gasteiger partial charge < -0.3 is 9.64 Å². The Morgan fingerprint density at radius 2 is 1.96 bits per heavy atom. The lowest BCUT2D eigenvalue weighted by molar-refractivity contribution is -0.127. The van der Waals surface area contributed by atoms with Crippen molar-refractivity contribution in [1.29, 1.82) is 0 Å². The maximum Gasteiger partial charge on any atom is 0.253 e. The minimum absolute atomic E-state index is 0.0186. The van der Waals surface area contributed by atoms with Crippen LogP contribution in [0.15, 0.2) is 48.5 Å². The van der Waals surface area contributed by atoms with Crippen LogP contribution in [0.5, 0.6) is 0 Å². The van der Waals surface area contributed by atoms with Crippen molar-refractivity contribution < 1.29 is 9.53 Å². The smallest absolute Gasteiger partial charge is 0.253 e. The van der Waals surface area contributed by atoms with Crippen molar-refractivity contribution in [3.8, 4) is 0 Å². The van der Waals surface area contributed by atoms with Crippen LogP contribution in [-0.2, 0) is 15.1 Å². The van der Waals surface area contributed by atoms with Gasteiger partial charge in [0, 0.05) is 17.1 Å².